The second kappa shape index (κ2) is 13.0. The van der Waals surface area contributed by atoms with Gasteiger partial charge in [-0.1, -0.05) is 54.4 Å². The lowest BCUT2D eigenvalue weighted by Gasteiger charge is -2.31. The molecule has 7 nitrogen and oxygen atoms in total. The van der Waals surface area contributed by atoms with E-state index in [1.54, 1.807) is 36.4 Å². The molecule has 2 rings (SSSR count). The SMILES string of the molecule is CCNC(=O)[C@@H](CC)N(Cc1ccccc1Cl)C(=O)CCCN(c1cccc(Cl)c1)S(C)(=O)=O. The molecule has 0 aromatic heterocycles. The van der Waals surface area contributed by atoms with Crippen LogP contribution in [0.3, 0.4) is 0 Å². The van der Waals surface area contributed by atoms with E-state index >= 15 is 0 Å². The largest absolute Gasteiger partial charge is 0.355 e. The van der Waals surface area contributed by atoms with Gasteiger partial charge >= 0.3 is 0 Å². The molecule has 0 saturated carbocycles. The predicted octanol–water partition coefficient (Wildman–Crippen LogP) is 4.48. The van der Waals surface area contributed by atoms with Crippen molar-refractivity contribution in [3.8, 4) is 0 Å². The second-order valence-corrected chi connectivity index (χ2v) is 10.6. The van der Waals surface area contributed by atoms with Crippen molar-refractivity contribution in [2.75, 3.05) is 23.7 Å². The first kappa shape index (κ1) is 28.0. The van der Waals surface area contributed by atoms with E-state index < -0.39 is 16.1 Å². The molecule has 0 aliphatic rings. The standard InChI is InChI=1S/C24H31Cl2N3O4S/c1-4-22(24(31)27-5-2)28(17-18-10-6-7-13-21(18)26)23(30)14-9-15-29(34(3,32)33)20-12-8-11-19(25)16-20/h6-8,10-13,16,22H,4-5,9,14-15,17H2,1-3H3,(H,27,31)/t22-/m1/s1. The van der Waals surface area contributed by atoms with Crippen LogP contribution in [0.5, 0.6) is 0 Å². The van der Waals surface area contributed by atoms with Gasteiger partial charge in [0.2, 0.25) is 21.8 Å². The summed E-state index contributed by atoms with van der Waals surface area (Å²) >= 11 is 12.3. The Hall–Kier alpha value is -2.29. The minimum Gasteiger partial charge on any atom is -0.355 e. The molecule has 0 spiro atoms. The molecule has 186 valence electrons. The molecular formula is C24H31Cl2N3O4S. The average Bonchev–Trinajstić information content (AvgIpc) is 2.77. The van der Waals surface area contributed by atoms with Gasteiger partial charge in [0.05, 0.1) is 11.9 Å². The van der Waals surface area contributed by atoms with Crippen molar-refractivity contribution in [2.24, 2.45) is 0 Å². The zero-order chi connectivity index (χ0) is 25.3. The lowest BCUT2D eigenvalue weighted by molar-refractivity contribution is -0.141. The Balaban J connectivity index is 2.21. The molecule has 2 aromatic rings. The Kier molecular flexibility index (Phi) is 10.7. The summed E-state index contributed by atoms with van der Waals surface area (Å²) in [5.74, 6) is -0.486. The maximum Gasteiger partial charge on any atom is 0.242 e. The number of sulfonamides is 1. The molecule has 0 aliphatic heterocycles. The number of hydrogen-bond acceptors (Lipinski definition) is 4. The van der Waals surface area contributed by atoms with Crippen molar-refractivity contribution in [3.05, 3.63) is 64.1 Å². The molecule has 2 amide bonds. The normalized spacial score (nSPS) is 12.1. The lowest BCUT2D eigenvalue weighted by Crippen LogP contribution is -2.49. The minimum absolute atomic E-state index is 0.0624. The summed E-state index contributed by atoms with van der Waals surface area (Å²) in [6, 6.07) is 13.1. The first-order valence-electron chi connectivity index (χ1n) is 11.1. The van der Waals surface area contributed by atoms with Crippen molar-refractivity contribution in [1.29, 1.82) is 0 Å². The average molecular weight is 529 g/mol. The van der Waals surface area contributed by atoms with Gasteiger partial charge in [-0.05, 0) is 49.6 Å². The van der Waals surface area contributed by atoms with Crippen LogP contribution < -0.4 is 9.62 Å². The first-order chi connectivity index (χ1) is 16.1. The highest BCUT2D eigenvalue weighted by Gasteiger charge is 2.29. The minimum atomic E-state index is -3.58. The zero-order valence-corrected chi connectivity index (χ0v) is 22.0. The van der Waals surface area contributed by atoms with E-state index in [0.717, 1.165) is 11.8 Å². The third-order valence-corrected chi connectivity index (χ3v) is 7.08. The number of hydrogen-bond donors (Lipinski definition) is 1. The summed E-state index contributed by atoms with van der Waals surface area (Å²) in [5, 5.41) is 3.71. The van der Waals surface area contributed by atoms with Gasteiger partial charge in [0.15, 0.2) is 0 Å². The Morgan fingerprint density at radius 3 is 2.35 bits per heavy atom. The van der Waals surface area contributed by atoms with E-state index in [-0.39, 0.29) is 37.7 Å². The molecule has 2 aromatic carbocycles. The summed E-state index contributed by atoms with van der Waals surface area (Å²) < 4.78 is 26.0. The molecule has 0 saturated heterocycles. The summed E-state index contributed by atoms with van der Waals surface area (Å²) in [7, 11) is -3.58. The molecule has 34 heavy (non-hydrogen) atoms. The monoisotopic (exact) mass is 527 g/mol. The number of carbonyl (C=O) groups excluding carboxylic acids is 2. The number of nitrogens with one attached hydrogen (secondary N) is 1. The molecule has 1 atom stereocenters. The van der Waals surface area contributed by atoms with E-state index in [9.17, 15) is 18.0 Å². The van der Waals surface area contributed by atoms with Crippen LogP contribution in [-0.2, 0) is 26.2 Å². The Bertz CT molecular complexity index is 1100. The lowest BCUT2D eigenvalue weighted by atomic mass is 10.1. The van der Waals surface area contributed by atoms with Crippen molar-refractivity contribution in [2.45, 2.75) is 45.7 Å². The zero-order valence-electron chi connectivity index (χ0n) is 19.6. The van der Waals surface area contributed by atoms with E-state index in [1.807, 2.05) is 26.0 Å². The highest BCUT2D eigenvalue weighted by molar-refractivity contribution is 7.92. The smallest absolute Gasteiger partial charge is 0.242 e. The van der Waals surface area contributed by atoms with Gasteiger partial charge in [0, 0.05) is 36.1 Å². The number of nitrogens with zero attached hydrogens (tertiary/aromatic N) is 2. The van der Waals surface area contributed by atoms with Gasteiger partial charge in [0.25, 0.3) is 0 Å². The maximum absolute atomic E-state index is 13.3. The highest BCUT2D eigenvalue weighted by Crippen LogP contribution is 2.23. The van der Waals surface area contributed by atoms with E-state index in [2.05, 4.69) is 5.32 Å². The van der Waals surface area contributed by atoms with Crippen LogP contribution in [0.15, 0.2) is 48.5 Å². The molecule has 0 heterocycles. The van der Waals surface area contributed by atoms with Crippen molar-refractivity contribution in [3.63, 3.8) is 0 Å². The van der Waals surface area contributed by atoms with E-state index in [1.165, 1.54) is 9.21 Å². The van der Waals surface area contributed by atoms with Gasteiger partial charge in [-0.25, -0.2) is 8.42 Å². The Morgan fingerprint density at radius 1 is 1.06 bits per heavy atom. The summed E-state index contributed by atoms with van der Waals surface area (Å²) in [6.45, 7) is 4.39. The summed E-state index contributed by atoms with van der Waals surface area (Å²) in [5.41, 5.74) is 1.17. The van der Waals surface area contributed by atoms with Gasteiger partial charge in [0.1, 0.15) is 6.04 Å². The third kappa shape index (κ3) is 7.89. The molecule has 1 N–H and O–H groups in total. The quantitative estimate of drug-likeness (QED) is 0.440. The molecule has 0 fully saturated rings. The maximum atomic E-state index is 13.3. The molecule has 10 heteroatoms. The number of benzene rings is 2. The second-order valence-electron chi connectivity index (χ2n) is 7.85. The van der Waals surface area contributed by atoms with Crippen molar-refractivity contribution < 1.29 is 18.0 Å². The van der Waals surface area contributed by atoms with E-state index in [4.69, 9.17) is 23.2 Å². The van der Waals surface area contributed by atoms with Crippen molar-refractivity contribution in [1.82, 2.24) is 10.2 Å². The topological polar surface area (TPSA) is 86.8 Å². The molecular weight excluding hydrogens is 497 g/mol. The fraction of sp³-hybridized carbons (Fsp3) is 0.417. The molecule has 0 radical (unpaired) electrons. The van der Waals surface area contributed by atoms with Gasteiger partial charge in [-0.3, -0.25) is 13.9 Å². The van der Waals surface area contributed by atoms with Crippen LogP contribution in [0.2, 0.25) is 10.0 Å². The van der Waals surface area contributed by atoms with Crippen LogP contribution in [-0.4, -0.2) is 50.5 Å². The Labute approximate surface area is 212 Å². The summed E-state index contributed by atoms with van der Waals surface area (Å²) in [6.07, 6.45) is 1.87. The highest BCUT2D eigenvalue weighted by atomic mass is 35.5. The molecule has 0 aliphatic carbocycles. The first-order valence-corrected chi connectivity index (χ1v) is 13.7. The predicted molar refractivity (Wildman–Crippen MR) is 138 cm³/mol. The third-order valence-electron chi connectivity index (χ3n) is 5.28. The van der Waals surface area contributed by atoms with Crippen LogP contribution in [0.25, 0.3) is 0 Å². The van der Waals surface area contributed by atoms with E-state index in [0.29, 0.717) is 28.7 Å². The molecule has 0 unspecified atom stereocenters. The summed E-state index contributed by atoms with van der Waals surface area (Å²) in [4.78, 5) is 27.5. The van der Waals surface area contributed by atoms with Crippen LogP contribution >= 0.6 is 23.2 Å². The molecule has 0 bridgehead atoms. The van der Waals surface area contributed by atoms with Crippen LogP contribution in [0.1, 0.15) is 38.7 Å². The number of rotatable bonds is 12. The van der Waals surface area contributed by atoms with Crippen molar-refractivity contribution >= 4 is 50.7 Å². The van der Waals surface area contributed by atoms with Crippen LogP contribution in [0.4, 0.5) is 5.69 Å². The number of likely N-dealkylation sites (N-methyl/N-ethyl adjacent to an activating group) is 1. The number of anilines is 1. The van der Waals surface area contributed by atoms with Gasteiger partial charge in [-0.15, -0.1) is 0 Å². The van der Waals surface area contributed by atoms with Crippen LogP contribution in [0, 0.1) is 0 Å². The van der Waals surface area contributed by atoms with Gasteiger partial charge in [-0.2, -0.15) is 0 Å². The fourth-order valence-corrected chi connectivity index (χ4v) is 4.99. The number of amides is 2. The number of carbonyl (C=O) groups is 2. The van der Waals surface area contributed by atoms with Gasteiger partial charge < -0.3 is 10.2 Å². The Morgan fingerprint density at radius 2 is 1.76 bits per heavy atom. The fourth-order valence-electron chi connectivity index (χ4n) is 3.66. The number of halogens is 2.